The highest BCUT2D eigenvalue weighted by molar-refractivity contribution is 5.51. The summed E-state index contributed by atoms with van der Waals surface area (Å²) in [5.41, 5.74) is 8.03. The number of anilines is 2. The van der Waals surface area contributed by atoms with E-state index < -0.39 is 0 Å². The Hall–Kier alpha value is -1.36. The average molecular weight is 207 g/mol. The van der Waals surface area contributed by atoms with Gasteiger partial charge in [0.15, 0.2) is 0 Å². The van der Waals surface area contributed by atoms with E-state index in [2.05, 4.69) is 15.3 Å². The average Bonchev–Trinajstić information content (AvgIpc) is 2.41. The summed E-state index contributed by atoms with van der Waals surface area (Å²) in [5, 5.41) is 3.35. The predicted molar refractivity (Wildman–Crippen MR) is 61.0 cm³/mol. The van der Waals surface area contributed by atoms with Crippen LogP contribution in [-0.2, 0) is 12.8 Å². The molecule has 0 saturated carbocycles. The number of nitrogens with two attached hydrogens (primary N) is 1. The largest absolute Gasteiger partial charge is 0.368 e. The normalized spacial score (nSPS) is 15.6. The van der Waals surface area contributed by atoms with E-state index in [0.29, 0.717) is 5.95 Å². The highest BCUT2D eigenvalue weighted by atomic mass is 15.2. The molecule has 5 nitrogen and oxygen atoms in total. The van der Waals surface area contributed by atoms with Gasteiger partial charge in [0.1, 0.15) is 5.82 Å². The van der Waals surface area contributed by atoms with Crippen LogP contribution < -0.4 is 16.0 Å². The summed E-state index contributed by atoms with van der Waals surface area (Å²) in [6, 6.07) is 0. The number of nitrogens with zero attached hydrogens (tertiary/aromatic N) is 3. The molecule has 0 aromatic carbocycles. The van der Waals surface area contributed by atoms with E-state index in [-0.39, 0.29) is 0 Å². The van der Waals surface area contributed by atoms with Gasteiger partial charge in [-0.05, 0) is 13.0 Å². The summed E-state index contributed by atoms with van der Waals surface area (Å²) in [6.07, 6.45) is 1.91. The van der Waals surface area contributed by atoms with Crippen LogP contribution in [0.1, 0.15) is 11.3 Å². The zero-order chi connectivity index (χ0) is 10.8. The van der Waals surface area contributed by atoms with Crippen molar-refractivity contribution in [2.24, 2.45) is 0 Å². The molecule has 5 heteroatoms. The molecule has 1 aliphatic rings. The van der Waals surface area contributed by atoms with Crippen molar-refractivity contribution in [1.29, 1.82) is 0 Å². The van der Waals surface area contributed by atoms with Gasteiger partial charge in [-0.15, -0.1) is 0 Å². The summed E-state index contributed by atoms with van der Waals surface area (Å²) in [7, 11) is 3.97. The van der Waals surface area contributed by atoms with Gasteiger partial charge in [-0.2, -0.15) is 4.98 Å². The minimum Gasteiger partial charge on any atom is -0.368 e. The van der Waals surface area contributed by atoms with Crippen LogP contribution in [0.3, 0.4) is 0 Å². The lowest BCUT2D eigenvalue weighted by atomic mass is 10.1. The first-order valence-electron chi connectivity index (χ1n) is 5.22. The number of fused-ring (bicyclic) bond motifs is 1. The summed E-state index contributed by atoms with van der Waals surface area (Å²) in [4.78, 5) is 10.6. The van der Waals surface area contributed by atoms with Crippen molar-refractivity contribution in [1.82, 2.24) is 15.3 Å². The molecule has 0 bridgehead atoms. The first-order valence-corrected chi connectivity index (χ1v) is 5.22. The first kappa shape index (κ1) is 10.2. The first-order chi connectivity index (χ1) is 7.18. The Balaban J connectivity index is 2.50. The Morgan fingerprint density at radius 3 is 2.67 bits per heavy atom. The standard InChI is InChI=1S/C10H17N5/c1-15(2)9-7-3-5-12-6-4-8(7)13-10(11)14-9/h12H,3-6H2,1-2H3,(H2,11,13,14). The van der Waals surface area contributed by atoms with Crippen molar-refractivity contribution < 1.29 is 0 Å². The molecule has 2 rings (SSSR count). The third-order valence-electron chi connectivity index (χ3n) is 2.60. The van der Waals surface area contributed by atoms with E-state index in [1.165, 1.54) is 5.56 Å². The van der Waals surface area contributed by atoms with Crippen LogP contribution in [0, 0.1) is 0 Å². The monoisotopic (exact) mass is 207 g/mol. The van der Waals surface area contributed by atoms with Crippen LogP contribution in [-0.4, -0.2) is 37.2 Å². The Bertz CT molecular complexity index is 361. The van der Waals surface area contributed by atoms with Gasteiger partial charge in [0.05, 0.1) is 5.69 Å². The molecule has 0 atom stereocenters. The lowest BCUT2D eigenvalue weighted by molar-refractivity contribution is 0.708. The number of aromatic nitrogens is 2. The van der Waals surface area contributed by atoms with E-state index in [0.717, 1.165) is 37.4 Å². The third-order valence-corrected chi connectivity index (χ3v) is 2.60. The summed E-state index contributed by atoms with van der Waals surface area (Å²) < 4.78 is 0. The van der Waals surface area contributed by atoms with E-state index in [4.69, 9.17) is 5.73 Å². The SMILES string of the molecule is CN(C)c1nc(N)nc2c1CCNCC2. The van der Waals surface area contributed by atoms with Crippen molar-refractivity contribution in [3.63, 3.8) is 0 Å². The fourth-order valence-electron chi connectivity index (χ4n) is 1.91. The molecule has 82 valence electrons. The van der Waals surface area contributed by atoms with Crippen molar-refractivity contribution in [2.45, 2.75) is 12.8 Å². The predicted octanol–water partition coefficient (Wildman–Crippen LogP) is -0.187. The zero-order valence-electron chi connectivity index (χ0n) is 9.25. The number of hydrogen-bond donors (Lipinski definition) is 2. The maximum atomic E-state index is 5.70. The Labute approximate surface area is 89.7 Å². The Morgan fingerprint density at radius 2 is 1.93 bits per heavy atom. The van der Waals surface area contributed by atoms with Crippen LogP contribution in [0.15, 0.2) is 0 Å². The minimum absolute atomic E-state index is 0.374. The third kappa shape index (κ3) is 2.02. The lowest BCUT2D eigenvalue weighted by Crippen LogP contribution is -2.18. The summed E-state index contributed by atoms with van der Waals surface area (Å²) in [5.74, 6) is 1.33. The van der Waals surface area contributed by atoms with Gasteiger partial charge in [0, 0.05) is 32.6 Å². The molecule has 15 heavy (non-hydrogen) atoms. The molecule has 0 amide bonds. The minimum atomic E-state index is 0.374. The second-order valence-electron chi connectivity index (χ2n) is 3.98. The van der Waals surface area contributed by atoms with Gasteiger partial charge in [0.2, 0.25) is 5.95 Å². The van der Waals surface area contributed by atoms with Gasteiger partial charge < -0.3 is 16.0 Å². The molecule has 1 aromatic heterocycles. The quantitative estimate of drug-likeness (QED) is 0.668. The Morgan fingerprint density at radius 1 is 1.20 bits per heavy atom. The van der Waals surface area contributed by atoms with Crippen molar-refractivity contribution in [2.75, 3.05) is 37.8 Å². The molecule has 3 N–H and O–H groups in total. The molecule has 1 aliphatic heterocycles. The molecule has 2 heterocycles. The lowest BCUT2D eigenvalue weighted by Gasteiger charge is -2.17. The second kappa shape index (κ2) is 4.02. The maximum absolute atomic E-state index is 5.70. The second-order valence-corrected chi connectivity index (χ2v) is 3.98. The zero-order valence-corrected chi connectivity index (χ0v) is 9.25. The fourth-order valence-corrected chi connectivity index (χ4v) is 1.91. The molecule has 0 unspecified atom stereocenters. The number of hydrogen-bond acceptors (Lipinski definition) is 5. The molecule has 1 aromatic rings. The van der Waals surface area contributed by atoms with Crippen LogP contribution in [0.4, 0.5) is 11.8 Å². The van der Waals surface area contributed by atoms with Gasteiger partial charge in [-0.1, -0.05) is 0 Å². The van der Waals surface area contributed by atoms with E-state index in [1.54, 1.807) is 0 Å². The molecule has 0 fully saturated rings. The molecular weight excluding hydrogens is 190 g/mol. The molecule has 0 saturated heterocycles. The molecule has 0 radical (unpaired) electrons. The van der Waals surface area contributed by atoms with Crippen LogP contribution >= 0.6 is 0 Å². The number of rotatable bonds is 1. The van der Waals surface area contributed by atoms with Crippen LogP contribution in [0.5, 0.6) is 0 Å². The molecule has 0 aliphatic carbocycles. The van der Waals surface area contributed by atoms with Crippen molar-refractivity contribution in [3.8, 4) is 0 Å². The number of nitrogens with one attached hydrogen (secondary N) is 1. The number of nitrogen functional groups attached to an aromatic ring is 1. The van der Waals surface area contributed by atoms with E-state index in [9.17, 15) is 0 Å². The summed E-state index contributed by atoms with van der Waals surface area (Å²) in [6.45, 7) is 1.96. The van der Waals surface area contributed by atoms with Gasteiger partial charge in [-0.3, -0.25) is 0 Å². The molecule has 0 spiro atoms. The van der Waals surface area contributed by atoms with Crippen molar-refractivity contribution >= 4 is 11.8 Å². The maximum Gasteiger partial charge on any atom is 0.222 e. The highest BCUT2D eigenvalue weighted by Crippen LogP contribution is 2.22. The van der Waals surface area contributed by atoms with Crippen LogP contribution in [0.25, 0.3) is 0 Å². The Kier molecular flexibility index (Phi) is 2.73. The van der Waals surface area contributed by atoms with Crippen LogP contribution in [0.2, 0.25) is 0 Å². The van der Waals surface area contributed by atoms with Gasteiger partial charge in [-0.25, -0.2) is 4.98 Å². The smallest absolute Gasteiger partial charge is 0.222 e. The van der Waals surface area contributed by atoms with E-state index in [1.807, 2.05) is 19.0 Å². The van der Waals surface area contributed by atoms with Crippen molar-refractivity contribution in [3.05, 3.63) is 11.3 Å². The summed E-state index contributed by atoms with van der Waals surface area (Å²) >= 11 is 0. The fraction of sp³-hybridized carbons (Fsp3) is 0.600. The molecular formula is C10H17N5. The topological polar surface area (TPSA) is 67.1 Å². The van der Waals surface area contributed by atoms with Gasteiger partial charge in [0.25, 0.3) is 0 Å². The van der Waals surface area contributed by atoms with E-state index >= 15 is 0 Å². The van der Waals surface area contributed by atoms with Gasteiger partial charge >= 0.3 is 0 Å². The highest BCUT2D eigenvalue weighted by Gasteiger charge is 2.16.